The van der Waals surface area contributed by atoms with Gasteiger partial charge in [0.2, 0.25) is 0 Å². The highest BCUT2D eigenvalue weighted by Crippen LogP contribution is 2.27. The van der Waals surface area contributed by atoms with E-state index in [4.69, 9.17) is 23.2 Å². The largest absolute Gasteiger partial charge is 0.315 e. The van der Waals surface area contributed by atoms with Gasteiger partial charge in [0, 0.05) is 19.0 Å². The molecule has 1 aliphatic rings. The van der Waals surface area contributed by atoms with Gasteiger partial charge in [-0.25, -0.2) is 0 Å². The molecule has 2 rings (SSSR count). The maximum Gasteiger partial charge on any atom is 0.0595 e. The molecule has 0 aliphatic carbocycles. The third-order valence-electron chi connectivity index (χ3n) is 2.20. The van der Waals surface area contributed by atoms with Crippen molar-refractivity contribution in [2.75, 3.05) is 13.1 Å². The van der Waals surface area contributed by atoms with Crippen LogP contribution in [-0.4, -0.2) is 13.1 Å². The predicted octanol–water partition coefficient (Wildman–Crippen LogP) is 2.68. The molecule has 1 saturated heterocycles. The summed E-state index contributed by atoms with van der Waals surface area (Å²) in [6.45, 7) is 2.11. The second-order valence-corrected chi connectivity index (χ2v) is 3.84. The average molecular weight is 202 g/mol. The molecule has 0 spiro atoms. The summed E-state index contributed by atoms with van der Waals surface area (Å²) in [6, 6.07) is 5.85. The van der Waals surface area contributed by atoms with E-state index in [-0.39, 0.29) is 0 Å². The van der Waals surface area contributed by atoms with Crippen LogP contribution in [0.3, 0.4) is 0 Å². The van der Waals surface area contributed by atoms with Crippen molar-refractivity contribution in [2.24, 2.45) is 0 Å². The first-order chi connectivity index (χ1) is 5.77. The standard InChI is InChI=1S/C9H9Cl2N/c10-8-2-1-6(3-9(8)11)7-4-12-5-7/h1-3,7,12H,4-5H2. The van der Waals surface area contributed by atoms with Gasteiger partial charge < -0.3 is 5.32 Å². The number of benzene rings is 1. The third kappa shape index (κ3) is 1.45. The quantitative estimate of drug-likeness (QED) is 0.738. The topological polar surface area (TPSA) is 12.0 Å². The van der Waals surface area contributed by atoms with Crippen molar-refractivity contribution in [3.8, 4) is 0 Å². The molecule has 1 N–H and O–H groups in total. The second-order valence-electron chi connectivity index (χ2n) is 3.03. The van der Waals surface area contributed by atoms with Crippen LogP contribution in [0, 0.1) is 0 Å². The summed E-state index contributed by atoms with van der Waals surface area (Å²) in [5.74, 6) is 0.625. The van der Waals surface area contributed by atoms with E-state index in [1.807, 2.05) is 18.2 Å². The van der Waals surface area contributed by atoms with Crippen molar-refractivity contribution in [2.45, 2.75) is 5.92 Å². The molecular weight excluding hydrogens is 193 g/mol. The van der Waals surface area contributed by atoms with E-state index in [9.17, 15) is 0 Å². The van der Waals surface area contributed by atoms with Gasteiger partial charge in [-0.2, -0.15) is 0 Å². The fourth-order valence-electron chi connectivity index (χ4n) is 1.29. The Morgan fingerprint density at radius 2 is 1.92 bits per heavy atom. The minimum Gasteiger partial charge on any atom is -0.315 e. The van der Waals surface area contributed by atoms with Gasteiger partial charge in [0.05, 0.1) is 10.0 Å². The Morgan fingerprint density at radius 1 is 1.17 bits per heavy atom. The molecule has 0 saturated carbocycles. The third-order valence-corrected chi connectivity index (χ3v) is 2.94. The summed E-state index contributed by atoms with van der Waals surface area (Å²) in [5, 5.41) is 4.50. The number of hydrogen-bond acceptors (Lipinski definition) is 1. The molecular formula is C9H9Cl2N. The molecule has 0 radical (unpaired) electrons. The molecule has 1 aromatic rings. The summed E-state index contributed by atoms with van der Waals surface area (Å²) in [5.41, 5.74) is 1.28. The van der Waals surface area contributed by atoms with Gasteiger partial charge >= 0.3 is 0 Å². The number of halogens is 2. The van der Waals surface area contributed by atoms with Crippen molar-refractivity contribution in [1.29, 1.82) is 0 Å². The van der Waals surface area contributed by atoms with E-state index >= 15 is 0 Å². The Hall–Kier alpha value is -0.240. The maximum absolute atomic E-state index is 5.89. The minimum absolute atomic E-state index is 0.625. The lowest BCUT2D eigenvalue weighted by molar-refractivity contribution is 0.448. The van der Waals surface area contributed by atoms with Crippen molar-refractivity contribution < 1.29 is 0 Å². The van der Waals surface area contributed by atoms with Crippen LogP contribution in [0.1, 0.15) is 11.5 Å². The molecule has 1 aromatic carbocycles. The van der Waals surface area contributed by atoms with Crippen molar-refractivity contribution >= 4 is 23.2 Å². The van der Waals surface area contributed by atoms with Gasteiger partial charge in [-0.15, -0.1) is 0 Å². The highest BCUT2D eigenvalue weighted by Gasteiger charge is 2.18. The van der Waals surface area contributed by atoms with Crippen LogP contribution in [0.15, 0.2) is 18.2 Å². The highest BCUT2D eigenvalue weighted by molar-refractivity contribution is 6.42. The molecule has 0 unspecified atom stereocenters. The summed E-state index contributed by atoms with van der Waals surface area (Å²) in [7, 11) is 0. The monoisotopic (exact) mass is 201 g/mol. The van der Waals surface area contributed by atoms with Crippen LogP contribution in [0.25, 0.3) is 0 Å². The lowest BCUT2D eigenvalue weighted by Crippen LogP contribution is -2.39. The van der Waals surface area contributed by atoms with Crippen molar-refractivity contribution in [1.82, 2.24) is 5.32 Å². The normalized spacial score (nSPS) is 17.5. The van der Waals surface area contributed by atoms with Crippen molar-refractivity contribution in [3.63, 3.8) is 0 Å². The highest BCUT2D eigenvalue weighted by atomic mass is 35.5. The number of nitrogens with one attached hydrogen (secondary N) is 1. The zero-order valence-electron chi connectivity index (χ0n) is 6.48. The zero-order chi connectivity index (χ0) is 8.55. The molecule has 1 fully saturated rings. The van der Waals surface area contributed by atoms with E-state index in [1.165, 1.54) is 5.56 Å². The first-order valence-corrected chi connectivity index (χ1v) is 4.68. The van der Waals surface area contributed by atoms with E-state index in [0.29, 0.717) is 16.0 Å². The van der Waals surface area contributed by atoms with Gasteiger partial charge in [-0.3, -0.25) is 0 Å². The van der Waals surface area contributed by atoms with E-state index in [2.05, 4.69) is 5.32 Å². The van der Waals surface area contributed by atoms with Crippen LogP contribution < -0.4 is 5.32 Å². The Balaban J connectivity index is 2.27. The number of hydrogen-bond donors (Lipinski definition) is 1. The van der Waals surface area contributed by atoms with Gasteiger partial charge in [0.1, 0.15) is 0 Å². The predicted molar refractivity (Wildman–Crippen MR) is 52.1 cm³/mol. The van der Waals surface area contributed by atoms with Gasteiger partial charge in [0.25, 0.3) is 0 Å². The smallest absolute Gasteiger partial charge is 0.0595 e. The lowest BCUT2D eigenvalue weighted by atomic mass is 9.94. The summed E-state index contributed by atoms with van der Waals surface area (Å²) >= 11 is 11.7. The zero-order valence-corrected chi connectivity index (χ0v) is 7.99. The lowest BCUT2D eigenvalue weighted by Gasteiger charge is -2.27. The molecule has 64 valence electrons. The van der Waals surface area contributed by atoms with E-state index < -0.39 is 0 Å². The number of rotatable bonds is 1. The minimum atomic E-state index is 0.625. The van der Waals surface area contributed by atoms with Crippen LogP contribution in [-0.2, 0) is 0 Å². The van der Waals surface area contributed by atoms with Crippen LogP contribution in [0.4, 0.5) is 0 Å². The molecule has 0 atom stereocenters. The van der Waals surface area contributed by atoms with Gasteiger partial charge in [-0.05, 0) is 17.7 Å². The fourth-order valence-corrected chi connectivity index (χ4v) is 1.60. The SMILES string of the molecule is Clc1ccc(C2CNC2)cc1Cl. The van der Waals surface area contributed by atoms with E-state index in [0.717, 1.165) is 13.1 Å². The van der Waals surface area contributed by atoms with Gasteiger partial charge in [0.15, 0.2) is 0 Å². The Bertz CT molecular complexity index is 295. The van der Waals surface area contributed by atoms with Gasteiger partial charge in [-0.1, -0.05) is 29.3 Å². The van der Waals surface area contributed by atoms with Crippen LogP contribution in [0.5, 0.6) is 0 Å². The summed E-state index contributed by atoms with van der Waals surface area (Å²) < 4.78 is 0. The molecule has 1 nitrogen and oxygen atoms in total. The first kappa shape index (κ1) is 8.36. The fraction of sp³-hybridized carbons (Fsp3) is 0.333. The molecule has 12 heavy (non-hydrogen) atoms. The molecule has 0 aromatic heterocycles. The Morgan fingerprint density at radius 3 is 2.42 bits per heavy atom. The molecule has 0 amide bonds. The van der Waals surface area contributed by atoms with Crippen LogP contribution in [0.2, 0.25) is 10.0 Å². The molecule has 3 heteroatoms. The molecule has 1 aliphatic heterocycles. The molecule has 1 heterocycles. The summed E-state index contributed by atoms with van der Waals surface area (Å²) in [6.07, 6.45) is 0. The van der Waals surface area contributed by atoms with E-state index in [1.54, 1.807) is 0 Å². The average Bonchev–Trinajstić information content (AvgIpc) is 1.93. The second kappa shape index (κ2) is 3.25. The maximum atomic E-state index is 5.89. The van der Waals surface area contributed by atoms with Crippen molar-refractivity contribution in [3.05, 3.63) is 33.8 Å². The molecule has 0 bridgehead atoms. The first-order valence-electron chi connectivity index (χ1n) is 3.93. The summed E-state index contributed by atoms with van der Waals surface area (Å²) in [4.78, 5) is 0. The Kier molecular flexibility index (Phi) is 2.26. The van der Waals surface area contributed by atoms with Crippen LogP contribution >= 0.6 is 23.2 Å². The Labute approximate surface area is 81.7 Å².